The van der Waals surface area contributed by atoms with Gasteiger partial charge in [0.2, 0.25) is 5.91 Å². The molecule has 136 valence electrons. The van der Waals surface area contributed by atoms with Gasteiger partial charge in [0.15, 0.2) is 5.96 Å². The molecule has 2 N–H and O–H groups in total. The highest BCUT2D eigenvalue weighted by atomic mass is 16.6. The van der Waals surface area contributed by atoms with Crippen LogP contribution in [-0.2, 0) is 14.3 Å². The Hall–Kier alpha value is -1.59. The van der Waals surface area contributed by atoms with Crippen LogP contribution in [-0.4, -0.2) is 41.9 Å². The van der Waals surface area contributed by atoms with Crippen LogP contribution in [0.25, 0.3) is 0 Å². The number of amides is 1. The fourth-order valence-electron chi connectivity index (χ4n) is 3.43. The van der Waals surface area contributed by atoms with Crippen molar-refractivity contribution in [3.8, 4) is 0 Å². The number of guanidine groups is 1. The normalized spacial score (nSPS) is 24.7. The molecule has 1 aliphatic carbocycles. The van der Waals surface area contributed by atoms with Gasteiger partial charge in [0.1, 0.15) is 12.1 Å². The molecule has 0 aromatic heterocycles. The van der Waals surface area contributed by atoms with Crippen LogP contribution < -0.4 is 5.32 Å². The van der Waals surface area contributed by atoms with Gasteiger partial charge in [-0.2, -0.15) is 0 Å². The summed E-state index contributed by atoms with van der Waals surface area (Å²) in [6, 6.07) is 0. The minimum atomic E-state index is -0.305. The zero-order valence-electron chi connectivity index (χ0n) is 14.9. The molecule has 6 heteroatoms. The van der Waals surface area contributed by atoms with Crippen LogP contribution in [0.1, 0.15) is 77.0 Å². The van der Waals surface area contributed by atoms with Gasteiger partial charge in [0.25, 0.3) is 0 Å². The number of carbonyl (C=O) groups excluding carboxylic acids is 2. The van der Waals surface area contributed by atoms with E-state index >= 15 is 0 Å². The molecule has 2 rings (SSSR count). The van der Waals surface area contributed by atoms with Crippen LogP contribution in [0.2, 0.25) is 0 Å². The van der Waals surface area contributed by atoms with E-state index in [1.807, 2.05) is 0 Å². The van der Waals surface area contributed by atoms with E-state index in [4.69, 9.17) is 10.1 Å². The summed E-state index contributed by atoms with van der Waals surface area (Å²) in [4.78, 5) is 25.5. The van der Waals surface area contributed by atoms with Crippen molar-refractivity contribution in [2.75, 3.05) is 13.6 Å². The van der Waals surface area contributed by atoms with Gasteiger partial charge in [0, 0.05) is 13.5 Å². The topological polar surface area (TPSA) is 82.5 Å². The highest BCUT2D eigenvalue weighted by Crippen LogP contribution is 2.40. The first-order valence-corrected chi connectivity index (χ1v) is 9.32. The van der Waals surface area contributed by atoms with Crippen LogP contribution in [0.4, 0.5) is 0 Å². The molecule has 0 bridgehead atoms. The predicted octanol–water partition coefficient (Wildman–Crippen LogP) is 2.96. The Balaban J connectivity index is 1.92. The quantitative estimate of drug-likeness (QED) is 0.666. The number of rotatable bonds is 0. The molecular formula is C18H31N3O3. The lowest BCUT2D eigenvalue weighted by Gasteiger charge is -2.41. The van der Waals surface area contributed by atoms with Gasteiger partial charge in [-0.25, -0.2) is 0 Å². The number of carbonyl (C=O) groups is 2. The monoisotopic (exact) mass is 337 g/mol. The summed E-state index contributed by atoms with van der Waals surface area (Å²) in [5.41, 5.74) is -0.267. The van der Waals surface area contributed by atoms with Crippen molar-refractivity contribution in [1.29, 1.82) is 5.41 Å². The molecule has 2 fully saturated rings. The Labute approximate surface area is 144 Å². The van der Waals surface area contributed by atoms with Gasteiger partial charge >= 0.3 is 5.97 Å². The maximum absolute atomic E-state index is 12.2. The lowest BCUT2D eigenvalue weighted by Crippen LogP contribution is -2.47. The van der Waals surface area contributed by atoms with Crippen LogP contribution in [0.3, 0.4) is 0 Å². The molecule has 1 amide bonds. The number of hydrogen-bond donors (Lipinski definition) is 2. The molecule has 6 nitrogen and oxygen atoms in total. The molecule has 24 heavy (non-hydrogen) atoms. The third kappa shape index (κ3) is 5.80. The Morgan fingerprint density at radius 3 is 2.17 bits per heavy atom. The number of nitrogens with zero attached hydrogens (tertiary/aromatic N) is 1. The number of hydrogen-bond acceptors (Lipinski definition) is 4. The van der Waals surface area contributed by atoms with Crippen molar-refractivity contribution in [2.24, 2.45) is 0 Å². The Morgan fingerprint density at radius 2 is 1.54 bits per heavy atom. The first kappa shape index (κ1) is 18.7. The molecule has 0 aromatic carbocycles. The summed E-state index contributed by atoms with van der Waals surface area (Å²) in [5.74, 6) is -0.496. The average Bonchev–Trinajstić information content (AvgIpc) is 2.49. The van der Waals surface area contributed by atoms with E-state index in [0.717, 1.165) is 51.4 Å². The van der Waals surface area contributed by atoms with Gasteiger partial charge in [-0.05, 0) is 38.5 Å². The van der Waals surface area contributed by atoms with Crippen LogP contribution in [0, 0.1) is 5.41 Å². The summed E-state index contributed by atoms with van der Waals surface area (Å²) in [5, 5.41) is 10.5. The highest BCUT2D eigenvalue weighted by molar-refractivity contribution is 5.96. The van der Waals surface area contributed by atoms with Gasteiger partial charge in [-0.1, -0.05) is 32.1 Å². The Morgan fingerprint density at radius 1 is 0.958 bits per heavy atom. The van der Waals surface area contributed by atoms with Crippen molar-refractivity contribution in [3.63, 3.8) is 0 Å². The second kappa shape index (κ2) is 9.04. The molecule has 1 saturated heterocycles. The standard InChI is InChI=1S/C18H31N3O3/c1-21-14-16(23)24-18(12-9-13-18)11-8-6-4-2-3-5-7-10-15(22)20-17(21)19/h2-14H2,1H3,(H2,19,20,22). The number of ether oxygens (including phenoxy) is 1. The van der Waals surface area contributed by atoms with Gasteiger partial charge in [-0.3, -0.25) is 20.3 Å². The van der Waals surface area contributed by atoms with Gasteiger partial charge < -0.3 is 9.64 Å². The third-order valence-corrected chi connectivity index (χ3v) is 5.14. The lowest BCUT2D eigenvalue weighted by atomic mass is 9.76. The summed E-state index contributed by atoms with van der Waals surface area (Å²) in [6.07, 6.45) is 12.2. The fourth-order valence-corrected chi connectivity index (χ4v) is 3.43. The molecule has 2 aliphatic rings. The number of likely N-dealkylation sites (N-methyl/N-ethyl adjacent to an activating group) is 1. The second-order valence-corrected chi connectivity index (χ2v) is 7.24. The molecule has 0 aromatic rings. The van der Waals surface area contributed by atoms with Crippen LogP contribution in [0.15, 0.2) is 0 Å². The third-order valence-electron chi connectivity index (χ3n) is 5.14. The molecule has 1 heterocycles. The first-order chi connectivity index (χ1) is 11.5. The van der Waals surface area contributed by atoms with Gasteiger partial charge in [-0.15, -0.1) is 0 Å². The predicted molar refractivity (Wildman–Crippen MR) is 92.7 cm³/mol. The summed E-state index contributed by atoms with van der Waals surface area (Å²) in [6.45, 7) is 0.000856. The summed E-state index contributed by atoms with van der Waals surface area (Å²) < 4.78 is 5.76. The number of nitrogens with one attached hydrogen (secondary N) is 2. The summed E-state index contributed by atoms with van der Waals surface area (Å²) in [7, 11) is 1.63. The molecule has 0 atom stereocenters. The maximum atomic E-state index is 12.2. The smallest absolute Gasteiger partial charge is 0.326 e. The Bertz CT molecular complexity index is 460. The van der Waals surface area contributed by atoms with Crippen molar-refractivity contribution < 1.29 is 14.3 Å². The molecule has 1 aliphatic heterocycles. The average molecular weight is 337 g/mol. The van der Waals surface area contributed by atoms with E-state index in [-0.39, 0.29) is 30.0 Å². The van der Waals surface area contributed by atoms with Gasteiger partial charge in [0.05, 0.1) is 0 Å². The second-order valence-electron chi connectivity index (χ2n) is 7.24. The number of esters is 1. The van der Waals surface area contributed by atoms with Crippen molar-refractivity contribution in [2.45, 2.75) is 82.7 Å². The molecule has 1 spiro atoms. The van der Waals surface area contributed by atoms with E-state index in [2.05, 4.69) is 5.32 Å². The van der Waals surface area contributed by atoms with Crippen molar-refractivity contribution in [3.05, 3.63) is 0 Å². The SMILES string of the molecule is CN1CC(=O)OC2(CCCCCCCCCC(=O)NC1=N)CCC2. The van der Waals surface area contributed by atoms with Crippen LogP contribution >= 0.6 is 0 Å². The minimum absolute atomic E-state index is 0.000856. The zero-order chi connectivity index (χ0) is 17.4. The molecule has 0 radical (unpaired) electrons. The Kier molecular flexibility index (Phi) is 7.06. The zero-order valence-corrected chi connectivity index (χ0v) is 14.9. The maximum Gasteiger partial charge on any atom is 0.326 e. The van der Waals surface area contributed by atoms with E-state index < -0.39 is 0 Å². The van der Waals surface area contributed by atoms with E-state index in [0.29, 0.717) is 6.42 Å². The highest BCUT2D eigenvalue weighted by Gasteiger charge is 2.40. The van der Waals surface area contributed by atoms with Crippen LogP contribution in [0.5, 0.6) is 0 Å². The van der Waals surface area contributed by atoms with Crippen molar-refractivity contribution in [1.82, 2.24) is 10.2 Å². The van der Waals surface area contributed by atoms with E-state index in [9.17, 15) is 9.59 Å². The lowest BCUT2D eigenvalue weighted by molar-refractivity contribution is -0.171. The van der Waals surface area contributed by atoms with E-state index in [1.54, 1.807) is 7.05 Å². The molecular weight excluding hydrogens is 306 g/mol. The summed E-state index contributed by atoms with van der Waals surface area (Å²) >= 11 is 0. The minimum Gasteiger partial charge on any atom is -0.458 e. The molecule has 0 unspecified atom stereocenters. The largest absolute Gasteiger partial charge is 0.458 e. The fraction of sp³-hybridized carbons (Fsp3) is 0.833. The first-order valence-electron chi connectivity index (χ1n) is 9.32. The van der Waals surface area contributed by atoms with E-state index in [1.165, 1.54) is 24.2 Å². The molecule has 1 saturated carbocycles. The van der Waals surface area contributed by atoms with Crippen molar-refractivity contribution >= 4 is 17.8 Å².